The van der Waals surface area contributed by atoms with E-state index in [4.69, 9.17) is 14.2 Å². The lowest BCUT2D eigenvalue weighted by Crippen LogP contribution is -2.46. The molecular formula is C16H22N2O4. The maximum absolute atomic E-state index is 12.8. The van der Waals surface area contributed by atoms with E-state index in [-0.39, 0.29) is 5.91 Å². The minimum Gasteiger partial charge on any atom is -0.493 e. The first-order valence-corrected chi connectivity index (χ1v) is 7.67. The minimum atomic E-state index is 0.00947. The third-order valence-corrected chi connectivity index (χ3v) is 4.19. The highest BCUT2D eigenvalue weighted by Crippen LogP contribution is 2.40. The standard InChI is InChI=1S/C16H22N2O4/c1-17-12-4-3-5-18(10-12)16(19)11-8-13(20-2)15-14(9-11)21-6-7-22-15/h8-9,12,17H,3-7,10H2,1-2H3/t12-/m1/s1. The fourth-order valence-corrected chi connectivity index (χ4v) is 2.98. The molecule has 1 fully saturated rings. The van der Waals surface area contributed by atoms with Crippen LogP contribution in [0.2, 0.25) is 0 Å². The number of hydrogen-bond donors (Lipinski definition) is 1. The molecule has 6 nitrogen and oxygen atoms in total. The number of rotatable bonds is 3. The van der Waals surface area contributed by atoms with Gasteiger partial charge >= 0.3 is 0 Å². The zero-order chi connectivity index (χ0) is 15.5. The molecule has 0 bridgehead atoms. The summed E-state index contributed by atoms with van der Waals surface area (Å²) in [4.78, 5) is 14.6. The number of carbonyl (C=O) groups is 1. The van der Waals surface area contributed by atoms with E-state index < -0.39 is 0 Å². The van der Waals surface area contributed by atoms with Gasteiger partial charge in [-0.1, -0.05) is 0 Å². The lowest BCUT2D eigenvalue weighted by atomic mass is 10.0. The second kappa shape index (κ2) is 6.44. The Morgan fingerprint density at radius 2 is 2.18 bits per heavy atom. The number of amides is 1. The Labute approximate surface area is 130 Å². The molecule has 6 heteroatoms. The van der Waals surface area contributed by atoms with Gasteiger partial charge in [0.1, 0.15) is 13.2 Å². The highest BCUT2D eigenvalue weighted by molar-refractivity contribution is 5.95. The van der Waals surface area contributed by atoms with Crippen LogP contribution in [-0.2, 0) is 0 Å². The largest absolute Gasteiger partial charge is 0.493 e. The average molecular weight is 306 g/mol. The number of likely N-dealkylation sites (N-methyl/N-ethyl adjacent to an activating group) is 1. The summed E-state index contributed by atoms with van der Waals surface area (Å²) in [7, 11) is 3.51. The summed E-state index contributed by atoms with van der Waals surface area (Å²) < 4.78 is 16.5. The van der Waals surface area contributed by atoms with E-state index in [1.165, 1.54) is 0 Å². The molecule has 0 aromatic heterocycles. The van der Waals surface area contributed by atoms with Gasteiger partial charge in [0.05, 0.1) is 7.11 Å². The van der Waals surface area contributed by atoms with Crippen molar-refractivity contribution >= 4 is 5.91 Å². The van der Waals surface area contributed by atoms with E-state index in [2.05, 4.69) is 5.32 Å². The van der Waals surface area contributed by atoms with Crippen molar-refractivity contribution in [3.63, 3.8) is 0 Å². The predicted molar refractivity (Wildman–Crippen MR) is 82.0 cm³/mol. The van der Waals surface area contributed by atoms with Gasteiger partial charge in [-0.15, -0.1) is 0 Å². The molecular weight excluding hydrogens is 284 g/mol. The summed E-state index contributed by atoms with van der Waals surface area (Å²) >= 11 is 0. The first kappa shape index (κ1) is 15.0. The number of methoxy groups -OCH3 is 1. The molecule has 1 aromatic carbocycles. The van der Waals surface area contributed by atoms with Crippen molar-refractivity contribution in [1.29, 1.82) is 0 Å². The van der Waals surface area contributed by atoms with Gasteiger partial charge in [0.2, 0.25) is 5.75 Å². The molecule has 22 heavy (non-hydrogen) atoms. The van der Waals surface area contributed by atoms with Crippen molar-refractivity contribution in [2.24, 2.45) is 0 Å². The van der Waals surface area contributed by atoms with E-state index in [1.54, 1.807) is 19.2 Å². The number of fused-ring (bicyclic) bond motifs is 1. The molecule has 2 heterocycles. The van der Waals surface area contributed by atoms with Crippen molar-refractivity contribution in [1.82, 2.24) is 10.2 Å². The zero-order valence-electron chi connectivity index (χ0n) is 13.1. The molecule has 1 N–H and O–H groups in total. The molecule has 2 aliphatic heterocycles. The first-order valence-electron chi connectivity index (χ1n) is 7.67. The van der Waals surface area contributed by atoms with Gasteiger partial charge < -0.3 is 24.4 Å². The van der Waals surface area contributed by atoms with E-state index in [0.29, 0.717) is 42.1 Å². The van der Waals surface area contributed by atoms with Crippen LogP contribution in [0.3, 0.4) is 0 Å². The lowest BCUT2D eigenvalue weighted by molar-refractivity contribution is 0.0696. The van der Waals surface area contributed by atoms with Crippen molar-refractivity contribution < 1.29 is 19.0 Å². The highest BCUT2D eigenvalue weighted by Gasteiger charge is 2.26. The highest BCUT2D eigenvalue weighted by atomic mass is 16.6. The van der Waals surface area contributed by atoms with Crippen LogP contribution < -0.4 is 19.5 Å². The van der Waals surface area contributed by atoms with Gasteiger partial charge in [-0.25, -0.2) is 0 Å². The molecule has 0 saturated carbocycles. The Hall–Kier alpha value is -1.95. The van der Waals surface area contributed by atoms with Gasteiger partial charge in [0.15, 0.2) is 11.5 Å². The normalized spacial score (nSPS) is 20.6. The van der Waals surface area contributed by atoms with Crippen LogP contribution in [0.1, 0.15) is 23.2 Å². The lowest BCUT2D eigenvalue weighted by Gasteiger charge is -2.33. The van der Waals surface area contributed by atoms with Crippen molar-refractivity contribution in [3.05, 3.63) is 17.7 Å². The SMILES string of the molecule is CN[C@@H]1CCCN(C(=O)c2cc(OC)c3c(c2)OCCO3)C1. The second-order valence-electron chi connectivity index (χ2n) is 5.58. The Balaban J connectivity index is 1.86. The van der Waals surface area contributed by atoms with Gasteiger partial charge in [-0.3, -0.25) is 4.79 Å². The van der Waals surface area contributed by atoms with E-state index in [9.17, 15) is 4.79 Å². The smallest absolute Gasteiger partial charge is 0.254 e. The average Bonchev–Trinajstić information content (AvgIpc) is 2.60. The number of nitrogens with one attached hydrogen (secondary N) is 1. The summed E-state index contributed by atoms with van der Waals surface area (Å²) in [5.41, 5.74) is 0.581. The summed E-state index contributed by atoms with van der Waals surface area (Å²) in [6.07, 6.45) is 2.11. The quantitative estimate of drug-likeness (QED) is 0.912. The molecule has 120 valence electrons. The van der Waals surface area contributed by atoms with Crippen LogP contribution in [0.4, 0.5) is 0 Å². The van der Waals surface area contributed by atoms with Crippen LogP contribution in [0, 0.1) is 0 Å². The molecule has 3 rings (SSSR count). The molecule has 1 aromatic rings. The van der Waals surface area contributed by atoms with E-state index in [0.717, 1.165) is 25.9 Å². The van der Waals surface area contributed by atoms with Crippen LogP contribution in [-0.4, -0.2) is 57.3 Å². The van der Waals surface area contributed by atoms with Crippen LogP contribution in [0.25, 0.3) is 0 Å². The number of ether oxygens (including phenoxy) is 3. The molecule has 0 aliphatic carbocycles. The predicted octanol–water partition coefficient (Wildman–Crippen LogP) is 1.29. The van der Waals surface area contributed by atoms with Crippen molar-refractivity contribution in [2.75, 3.05) is 40.5 Å². The molecule has 0 radical (unpaired) electrons. The molecule has 1 saturated heterocycles. The van der Waals surface area contributed by atoms with Crippen LogP contribution in [0.5, 0.6) is 17.2 Å². The molecule has 0 spiro atoms. The van der Waals surface area contributed by atoms with Crippen LogP contribution in [0.15, 0.2) is 12.1 Å². The maximum atomic E-state index is 12.8. The molecule has 1 atom stereocenters. The van der Waals surface area contributed by atoms with E-state index >= 15 is 0 Å². The Bertz CT molecular complexity index is 544. The Morgan fingerprint density at radius 1 is 1.36 bits per heavy atom. The number of likely N-dealkylation sites (tertiary alicyclic amines) is 1. The maximum Gasteiger partial charge on any atom is 0.254 e. The molecule has 0 unspecified atom stereocenters. The number of benzene rings is 1. The number of hydrogen-bond acceptors (Lipinski definition) is 5. The van der Waals surface area contributed by atoms with E-state index in [1.807, 2.05) is 11.9 Å². The second-order valence-corrected chi connectivity index (χ2v) is 5.58. The first-order chi connectivity index (χ1) is 10.7. The number of piperidine rings is 1. The number of nitrogens with zero attached hydrogens (tertiary/aromatic N) is 1. The Kier molecular flexibility index (Phi) is 4.38. The van der Waals surface area contributed by atoms with Gasteiger partial charge in [0, 0.05) is 24.7 Å². The summed E-state index contributed by atoms with van der Waals surface area (Å²) in [5.74, 6) is 1.71. The summed E-state index contributed by atoms with van der Waals surface area (Å²) in [6.45, 7) is 2.49. The van der Waals surface area contributed by atoms with Gasteiger partial charge in [-0.2, -0.15) is 0 Å². The summed E-state index contributed by atoms with van der Waals surface area (Å²) in [5, 5.41) is 3.25. The Morgan fingerprint density at radius 3 is 2.95 bits per heavy atom. The summed E-state index contributed by atoms with van der Waals surface area (Å²) in [6, 6.07) is 3.85. The van der Waals surface area contributed by atoms with Crippen molar-refractivity contribution in [3.8, 4) is 17.2 Å². The van der Waals surface area contributed by atoms with Gasteiger partial charge in [-0.05, 0) is 32.0 Å². The number of carbonyl (C=O) groups excluding carboxylic acids is 1. The fraction of sp³-hybridized carbons (Fsp3) is 0.562. The van der Waals surface area contributed by atoms with Crippen LogP contribution >= 0.6 is 0 Å². The zero-order valence-corrected chi connectivity index (χ0v) is 13.1. The topological polar surface area (TPSA) is 60.0 Å². The fourth-order valence-electron chi connectivity index (χ4n) is 2.98. The molecule has 1 amide bonds. The monoisotopic (exact) mass is 306 g/mol. The third-order valence-electron chi connectivity index (χ3n) is 4.19. The minimum absolute atomic E-state index is 0.00947. The van der Waals surface area contributed by atoms with Gasteiger partial charge in [0.25, 0.3) is 5.91 Å². The third kappa shape index (κ3) is 2.83. The molecule has 2 aliphatic rings. The van der Waals surface area contributed by atoms with Crippen molar-refractivity contribution in [2.45, 2.75) is 18.9 Å².